The van der Waals surface area contributed by atoms with Gasteiger partial charge >= 0.3 is 5.69 Å². The highest BCUT2D eigenvalue weighted by Gasteiger charge is 2.27. The second-order valence-electron chi connectivity index (χ2n) is 4.08. The predicted molar refractivity (Wildman–Crippen MR) is 69.2 cm³/mol. The first-order valence-electron chi connectivity index (χ1n) is 6.04. The minimum absolute atomic E-state index is 0.0121. The van der Waals surface area contributed by atoms with Gasteiger partial charge in [-0.1, -0.05) is 0 Å². The summed E-state index contributed by atoms with van der Waals surface area (Å²) < 4.78 is 3.30. The fourth-order valence-corrected chi connectivity index (χ4v) is 2.07. The van der Waals surface area contributed by atoms with Crippen LogP contribution in [-0.4, -0.2) is 30.8 Å². The van der Waals surface area contributed by atoms with E-state index < -0.39 is 4.92 Å². The summed E-state index contributed by atoms with van der Waals surface area (Å²) in [6, 6.07) is 0. The maximum Gasteiger partial charge on any atom is 0.334 e. The second-order valence-corrected chi connectivity index (χ2v) is 4.08. The largest absolute Gasteiger partial charge is 0.334 e. The van der Waals surface area contributed by atoms with E-state index in [-0.39, 0.29) is 5.69 Å². The summed E-state index contributed by atoms with van der Waals surface area (Å²) in [4.78, 5) is 15.0. The first-order chi connectivity index (χ1) is 9.10. The zero-order valence-corrected chi connectivity index (χ0v) is 10.9. The van der Waals surface area contributed by atoms with Gasteiger partial charge in [0.1, 0.15) is 11.5 Å². The van der Waals surface area contributed by atoms with Gasteiger partial charge in [-0.25, -0.2) is 9.67 Å². The molecule has 0 radical (unpaired) electrons. The lowest BCUT2D eigenvalue weighted by Gasteiger charge is -2.08. The smallest absolute Gasteiger partial charge is 0.330 e. The van der Waals surface area contributed by atoms with Gasteiger partial charge < -0.3 is 5.73 Å². The molecule has 0 fully saturated rings. The van der Waals surface area contributed by atoms with Gasteiger partial charge in [-0.2, -0.15) is 5.10 Å². The van der Waals surface area contributed by atoms with Crippen LogP contribution in [0, 0.1) is 17.0 Å². The van der Waals surface area contributed by atoms with Crippen LogP contribution in [0.5, 0.6) is 0 Å². The zero-order valence-electron chi connectivity index (χ0n) is 10.9. The van der Waals surface area contributed by atoms with Crippen molar-refractivity contribution in [1.82, 2.24) is 19.3 Å². The van der Waals surface area contributed by atoms with Crippen molar-refractivity contribution in [1.29, 1.82) is 0 Å². The lowest BCUT2D eigenvalue weighted by atomic mass is 10.3. The molecule has 0 amide bonds. The van der Waals surface area contributed by atoms with Crippen LogP contribution in [0.1, 0.15) is 18.4 Å². The van der Waals surface area contributed by atoms with E-state index in [2.05, 4.69) is 10.1 Å². The molecule has 0 saturated heterocycles. The van der Waals surface area contributed by atoms with Gasteiger partial charge in [0.15, 0.2) is 0 Å². The van der Waals surface area contributed by atoms with E-state index in [9.17, 15) is 10.1 Å². The standard InChI is InChI=1S/C11H16N6O2/c1-3-16-11(10(17(18)19)8(2)14-16)15-7-6-13-9(15)4-5-12/h6-7H,3-5,12H2,1-2H3. The third-order valence-electron chi connectivity index (χ3n) is 2.87. The normalized spacial score (nSPS) is 10.9. The van der Waals surface area contributed by atoms with Crippen molar-refractivity contribution in [2.24, 2.45) is 5.73 Å². The van der Waals surface area contributed by atoms with Gasteiger partial charge in [-0.05, 0) is 20.4 Å². The fraction of sp³-hybridized carbons (Fsp3) is 0.455. The Bertz CT molecular complexity index is 600. The van der Waals surface area contributed by atoms with E-state index in [4.69, 9.17) is 5.73 Å². The molecular weight excluding hydrogens is 248 g/mol. The van der Waals surface area contributed by atoms with Crippen molar-refractivity contribution in [2.75, 3.05) is 6.54 Å². The van der Waals surface area contributed by atoms with Crippen molar-refractivity contribution >= 4 is 5.69 Å². The maximum atomic E-state index is 11.2. The van der Waals surface area contributed by atoms with Gasteiger partial charge in [-0.3, -0.25) is 14.7 Å². The number of nitrogens with two attached hydrogens (primary N) is 1. The Morgan fingerprint density at radius 2 is 2.26 bits per heavy atom. The number of rotatable bonds is 5. The van der Waals surface area contributed by atoms with Gasteiger partial charge in [0.05, 0.1) is 4.92 Å². The van der Waals surface area contributed by atoms with Crippen LogP contribution in [-0.2, 0) is 13.0 Å². The number of aryl methyl sites for hydroxylation is 2. The van der Waals surface area contributed by atoms with E-state index in [0.29, 0.717) is 36.8 Å². The first kappa shape index (κ1) is 13.2. The number of aromatic nitrogens is 4. The summed E-state index contributed by atoms with van der Waals surface area (Å²) in [5, 5.41) is 15.4. The molecule has 0 atom stereocenters. The number of imidazole rings is 1. The lowest BCUT2D eigenvalue weighted by molar-refractivity contribution is -0.385. The SMILES string of the molecule is CCn1nc(C)c([N+](=O)[O-])c1-n1ccnc1CCN. The first-order valence-corrected chi connectivity index (χ1v) is 6.04. The Morgan fingerprint density at radius 3 is 2.84 bits per heavy atom. The molecule has 0 aliphatic heterocycles. The number of nitrogens with zero attached hydrogens (tertiary/aromatic N) is 5. The molecule has 2 heterocycles. The molecular formula is C11H16N6O2. The van der Waals surface area contributed by atoms with E-state index in [1.54, 1.807) is 28.6 Å². The molecule has 0 aliphatic rings. The lowest BCUT2D eigenvalue weighted by Crippen LogP contribution is -2.13. The summed E-state index contributed by atoms with van der Waals surface area (Å²) in [7, 11) is 0. The molecule has 19 heavy (non-hydrogen) atoms. The quantitative estimate of drug-likeness (QED) is 0.635. The monoisotopic (exact) mass is 264 g/mol. The highest BCUT2D eigenvalue weighted by atomic mass is 16.6. The molecule has 2 aromatic heterocycles. The average Bonchev–Trinajstić information content (AvgIpc) is 2.93. The van der Waals surface area contributed by atoms with Gasteiger partial charge in [0.25, 0.3) is 0 Å². The second kappa shape index (κ2) is 5.19. The van der Waals surface area contributed by atoms with Crippen LogP contribution >= 0.6 is 0 Å². The summed E-state index contributed by atoms with van der Waals surface area (Å²) >= 11 is 0. The highest BCUT2D eigenvalue weighted by molar-refractivity contribution is 5.52. The number of hydrogen-bond acceptors (Lipinski definition) is 5. The van der Waals surface area contributed by atoms with Crippen LogP contribution in [0.15, 0.2) is 12.4 Å². The zero-order chi connectivity index (χ0) is 14.0. The Balaban J connectivity index is 2.66. The molecule has 8 heteroatoms. The molecule has 0 saturated carbocycles. The number of hydrogen-bond donors (Lipinski definition) is 1. The van der Waals surface area contributed by atoms with Crippen LogP contribution in [0.2, 0.25) is 0 Å². The van der Waals surface area contributed by atoms with Gasteiger partial charge in [0.2, 0.25) is 5.82 Å². The maximum absolute atomic E-state index is 11.2. The Hall–Kier alpha value is -2.22. The van der Waals surface area contributed by atoms with Crippen molar-refractivity contribution in [3.8, 4) is 5.82 Å². The topological polar surface area (TPSA) is 105 Å². The van der Waals surface area contributed by atoms with Crippen molar-refractivity contribution in [3.05, 3.63) is 34.0 Å². The Kier molecular flexibility index (Phi) is 3.61. The van der Waals surface area contributed by atoms with E-state index in [1.165, 1.54) is 0 Å². The molecule has 0 unspecified atom stereocenters. The highest BCUT2D eigenvalue weighted by Crippen LogP contribution is 2.27. The molecule has 2 rings (SSSR count). The van der Waals surface area contributed by atoms with E-state index in [1.807, 2.05) is 6.92 Å². The number of nitro groups is 1. The minimum atomic E-state index is -0.407. The third kappa shape index (κ3) is 2.22. The van der Waals surface area contributed by atoms with Crippen LogP contribution in [0.4, 0.5) is 5.69 Å². The third-order valence-corrected chi connectivity index (χ3v) is 2.87. The predicted octanol–water partition coefficient (Wildman–Crippen LogP) is 0.807. The van der Waals surface area contributed by atoms with Crippen molar-refractivity contribution < 1.29 is 4.92 Å². The average molecular weight is 264 g/mol. The summed E-state index contributed by atoms with van der Waals surface area (Å²) in [5.41, 5.74) is 5.94. The van der Waals surface area contributed by atoms with Crippen molar-refractivity contribution in [2.45, 2.75) is 26.8 Å². The molecule has 0 bridgehead atoms. The molecule has 102 valence electrons. The molecule has 8 nitrogen and oxygen atoms in total. The Morgan fingerprint density at radius 1 is 1.53 bits per heavy atom. The van der Waals surface area contributed by atoms with Gasteiger partial charge in [-0.15, -0.1) is 0 Å². The molecule has 2 aromatic rings. The van der Waals surface area contributed by atoms with Crippen LogP contribution in [0.3, 0.4) is 0 Å². The fourth-order valence-electron chi connectivity index (χ4n) is 2.07. The van der Waals surface area contributed by atoms with Gasteiger partial charge in [0, 0.05) is 25.4 Å². The van der Waals surface area contributed by atoms with Crippen LogP contribution in [0.25, 0.3) is 5.82 Å². The molecule has 0 spiro atoms. The Labute approximate surface area is 110 Å². The van der Waals surface area contributed by atoms with E-state index in [0.717, 1.165) is 0 Å². The molecule has 2 N–H and O–H groups in total. The summed E-state index contributed by atoms with van der Waals surface area (Å²) in [6.07, 6.45) is 3.86. The molecule has 0 aromatic carbocycles. The molecule has 0 aliphatic carbocycles. The van der Waals surface area contributed by atoms with E-state index >= 15 is 0 Å². The minimum Gasteiger partial charge on any atom is -0.330 e. The van der Waals surface area contributed by atoms with Crippen LogP contribution < -0.4 is 5.73 Å². The summed E-state index contributed by atoms with van der Waals surface area (Å²) in [5.74, 6) is 1.13. The van der Waals surface area contributed by atoms with Crippen molar-refractivity contribution in [3.63, 3.8) is 0 Å². The summed E-state index contributed by atoms with van der Waals surface area (Å²) in [6.45, 7) is 4.50.